The standard InChI is InChI=1S/C54H95NO5/c1-4-7-10-13-16-19-22-24-25-26-27-28-29-32-35-38-41-44-47-54(59)60-50(45-42-39-36-33-31-23-20-17-14-11-8-5-2)48-53(58)55-51(49-56)52(57)46-43-40-37-34-30-21-18-15-12-9-6-3/h8,11,17,20,22,24-28,31,33,50-52,56-57H,4-7,9-10,12-16,18-19,21,23,29-30,32,34-49H2,1-3H3,(H,55,58)/b11-8+,20-17+,24-22+,26-25+,28-27+,33-31+. The molecule has 6 nitrogen and oxygen atoms in total. The van der Waals surface area contributed by atoms with Gasteiger partial charge in [-0.2, -0.15) is 0 Å². The summed E-state index contributed by atoms with van der Waals surface area (Å²) >= 11 is 0. The van der Waals surface area contributed by atoms with Crippen molar-refractivity contribution in [2.45, 2.75) is 251 Å². The van der Waals surface area contributed by atoms with Gasteiger partial charge in [-0.05, 0) is 83.5 Å². The Labute approximate surface area is 371 Å². The van der Waals surface area contributed by atoms with Crippen LogP contribution in [0, 0.1) is 0 Å². The lowest BCUT2D eigenvalue weighted by atomic mass is 10.0. The number of unbranched alkanes of at least 4 members (excludes halogenated alkanes) is 22. The molecule has 0 aromatic heterocycles. The lowest BCUT2D eigenvalue weighted by Crippen LogP contribution is -2.46. The molecule has 0 aromatic carbocycles. The second-order valence-electron chi connectivity index (χ2n) is 16.9. The van der Waals surface area contributed by atoms with Gasteiger partial charge in [0.1, 0.15) is 6.10 Å². The largest absolute Gasteiger partial charge is 0.462 e. The summed E-state index contributed by atoms with van der Waals surface area (Å²) < 4.78 is 5.90. The van der Waals surface area contributed by atoms with E-state index in [4.69, 9.17) is 4.74 Å². The second-order valence-corrected chi connectivity index (χ2v) is 16.9. The zero-order valence-electron chi connectivity index (χ0n) is 39.3. The maximum absolute atomic E-state index is 13.2. The summed E-state index contributed by atoms with van der Waals surface area (Å²) in [4.78, 5) is 26.1. The summed E-state index contributed by atoms with van der Waals surface area (Å²) in [6, 6.07) is -0.720. The molecule has 346 valence electrons. The van der Waals surface area contributed by atoms with E-state index in [9.17, 15) is 19.8 Å². The molecule has 3 N–H and O–H groups in total. The third kappa shape index (κ3) is 42.0. The van der Waals surface area contributed by atoms with Crippen LogP contribution in [0.15, 0.2) is 72.9 Å². The molecule has 1 amide bonds. The minimum atomic E-state index is -0.803. The molecular weight excluding hydrogens is 743 g/mol. The van der Waals surface area contributed by atoms with Crippen molar-refractivity contribution in [3.8, 4) is 0 Å². The quantitative estimate of drug-likeness (QED) is 0.0246. The number of carbonyl (C=O) groups excluding carboxylic acids is 2. The number of esters is 1. The Morgan fingerprint density at radius 3 is 1.52 bits per heavy atom. The number of nitrogens with one attached hydrogen (secondary N) is 1. The summed E-state index contributed by atoms with van der Waals surface area (Å²) in [5.74, 6) is -0.539. The van der Waals surface area contributed by atoms with Crippen molar-refractivity contribution in [3.63, 3.8) is 0 Å². The molecule has 0 aliphatic carbocycles. The number of amides is 1. The summed E-state index contributed by atoms with van der Waals surface area (Å²) in [5, 5.41) is 23.7. The van der Waals surface area contributed by atoms with Crippen LogP contribution in [0.5, 0.6) is 0 Å². The SMILES string of the molecule is CC/C=C/C/C=C/C/C=C/CCCCC(CC(=O)NC(CO)C(O)CCCCCCCCCCCCC)OC(=O)CCCCCCC/C=C/C=C/C=C/CCCCCCC. The summed E-state index contributed by atoms with van der Waals surface area (Å²) in [6.07, 6.45) is 59.6. The Hall–Kier alpha value is -2.70. The number of aliphatic hydroxyl groups excluding tert-OH is 2. The van der Waals surface area contributed by atoms with Gasteiger partial charge in [0.25, 0.3) is 0 Å². The number of carbonyl (C=O) groups is 2. The summed E-state index contributed by atoms with van der Waals surface area (Å²) in [6.45, 7) is 6.32. The van der Waals surface area contributed by atoms with E-state index in [0.29, 0.717) is 19.3 Å². The number of allylic oxidation sites excluding steroid dienone is 12. The first-order valence-corrected chi connectivity index (χ1v) is 25.2. The van der Waals surface area contributed by atoms with E-state index in [1.807, 2.05) is 0 Å². The fourth-order valence-electron chi connectivity index (χ4n) is 7.27. The Morgan fingerprint density at radius 1 is 0.517 bits per heavy atom. The molecule has 0 bridgehead atoms. The van der Waals surface area contributed by atoms with Crippen LogP contribution in [0.3, 0.4) is 0 Å². The number of hydrogen-bond acceptors (Lipinski definition) is 5. The molecule has 0 aromatic rings. The molecule has 6 heteroatoms. The van der Waals surface area contributed by atoms with E-state index in [-0.39, 0.29) is 24.9 Å². The predicted octanol–water partition coefficient (Wildman–Crippen LogP) is 15.0. The molecule has 0 fully saturated rings. The van der Waals surface area contributed by atoms with Gasteiger partial charge in [-0.25, -0.2) is 0 Å². The van der Waals surface area contributed by atoms with Crippen LogP contribution in [0.25, 0.3) is 0 Å². The molecule has 0 saturated carbocycles. The Balaban J connectivity index is 4.64. The first-order valence-electron chi connectivity index (χ1n) is 25.2. The van der Waals surface area contributed by atoms with Crippen molar-refractivity contribution in [3.05, 3.63) is 72.9 Å². The van der Waals surface area contributed by atoms with Crippen LogP contribution in [0.2, 0.25) is 0 Å². The fraction of sp³-hybridized carbons (Fsp3) is 0.741. The lowest BCUT2D eigenvalue weighted by molar-refractivity contribution is -0.151. The summed E-state index contributed by atoms with van der Waals surface area (Å²) in [7, 11) is 0. The predicted molar refractivity (Wildman–Crippen MR) is 259 cm³/mol. The number of ether oxygens (including phenoxy) is 1. The molecule has 3 atom stereocenters. The Morgan fingerprint density at radius 2 is 0.967 bits per heavy atom. The van der Waals surface area contributed by atoms with Crippen LogP contribution in [0.1, 0.15) is 233 Å². The Kier molecular flexibility index (Phi) is 45.2. The number of hydrogen-bond donors (Lipinski definition) is 3. The zero-order chi connectivity index (χ0) is 43.8. The van der Waals surface area contributed by atoms with E-state index in [1.54, 1.807) is 0 Å². The molecule has 60 heavy (non-hydrogen) atoms. The van der Waals surface area contributed by atoms with Gasteiger partial charge in [-0.1, -0.05) is 209 Å². The van der Waals surface area contributed by atoms with Gasteiger partial charge in [0, 0.05) is 6.42 Å². The minimum Gasteiger partial charge on any atom is -0.462 e. The van der Waals surface area contributed by atoms with Gasteiger partial charge in [-0.3, -0.25) is 9.59 Å². The molecule has 0 heterocycles. The Bertz CT molecular complexity index is 1120. The van der Waals surface area contributed by atoms with Gasteiger partial charge in [0.15, 0.2) is 0 Å². The van der Waals surface area contributed by atoms with E-state index in [2.05, 4.69) is 99.0 Å². The average Bonchev–Trinajstić information content (AvgIpc) is 3.24. The molecule has 0 saturated heterocycles. The normalized spacial score (nSPS) is 13.9. The molecule has 0 aliphatic heterocycles. The third-order valence-electron chi connectivity index (χ3n) is 11.1. The smallest absolute Gasteiger partial charge is 0.306 e. The summed E-state index contributed by atoms with van der Waals surface area (Å²) in [5.41, 5.74) is 0. The van der Waals surface area contributed by atoms with Crippen LogP contribution in [0.4, 0.5) is 0 Å². The van der Waals surface area contributed by atoms with Crippen molar-refractivity contribution >= 4 is 11.9 Å². The van der Waals surface area contributed by atoms with Gasteiger partial charge in [0.05, 0.1) is 25.2 Å². The second kappa shape index (κ2) is 47.4. The highest BCUT2D eigenvalue weighted by atomic mass is 16.5. The molecular formula is C54H95NO5. The van der Waals surface area contributed by atoms with Crippen molar-refractivity contribution in [2.75, 3.05) is 6.61 Å². The van der Waals surface area contributed by atoms with Crippen LogP contribution in [-0.4, -0.2) is 46.9 Å². The van der Waals surface area contributed by atoms with Crippen LogP contribution in [-0.2, 0) is 14.3 Å². The molecule has 0 rings (SSSR count). The highest BCUT2D eigenvalue weighted by molar-refractivity contribution is 5.77. The van der Waals surface area contributed by atoms with Gasteiger partial charge in [0.2, 0.25) is 5.91 Å². The fourth-order valence-corrected chi connectivity index (χ4v) is 7.27. The first kappa shape index (κ1) is 57.3. The molecule has 0 spiro atoms. The van der Waals surface area contributed by atoms with Crippen molar-refractivity contribution in [2.24, 2.45) is 0 Å². The lowest BCUT2D eigenvalue weighted by Gasteiger charge is -2.24. The monoisotopic (exact) mass is 838 g/mol. The molecule has 0 aliphatic rings. The van der Waals surface area contributed by atoms with E-state index in [1.165, 1.54) is 89.9 Å². The van der Waals surface area contributed by atoms with Gasteiger partial charge < -0.3 is 20.3 Å². The average molecular weight is 838 g/mol. The van der Waals surface area contributed by atoms with Crippen molar-refractivity contribution < 1.29 is 24.5 Å². The maximum Gasteiger partial charge on any atom is 0.306 e. The van der Waals surface area contributed by atoms with Crippen molar-refractivity contribution in [1.29, 1.82) is 0 Å². The molecule has 0 radical (unpaired) electrons. The van der Waals surface area contributed by atoms with E-state index >= 15 is 0 Å². The topological polar surface area (TPSA) is 95.9 Å². The first-order chi connectivity index (χ1) is 29.5. The van der Waals surface area contributed by atoms with Crippen molar-refractivity contribution in [1.82, 2.24) is 5.32 Å². The number of aliphatic hydroxyl groups is 2. The zero-order valence-corrected chi connectivity index (χ0v) is 39.3. The van der Waals surface area contributed by atoms with E-state index < -0.39 is 18.2 Å². The maximum atomic E-state index is 13.2. The molecule has 3 unspecified atom stereocenters. The van der Waals surface area contributed by atoms with Gasteiger partial charge >= 0.3 is 5.97 Å². The minimum absolute atomic E-state index is 0.0403. The van der Waals surface area contributed by atoms with Gasteiger partial charge in [-0.15, -0.1) is 0 Å². The third-order valence-corrected chi connectivity index (χ3v) is 11.1. The van der Waals surface area contributed by atoms with Crippen LogP contribution >= 0.6 is 0 Å². The van der Waals surface area contributed by atoms with Crippen LogP contribution < -0.4 is 5.32 Å². The highest BCUT2D eigenvalue weighted by Crippen LogP contribution is 2.17. The van der Waals surface area contributed by atoms with E-state index in [0.717, 1.165) is 96.3 Å². The highest BCUT2D eigenvalue weighted by Gasteiger charge is 2.24. The number of rotatable bonds is 44.